The fourth-order valence-corrected chi connectivity index (χ4v) is 2.75. The smallest absolute Gasteiger partial charge is 0.253 e. The minimum absolute atomic E-state index is 0.0400. The molecule has 3 rings (SSSR count). The summed E-state index contributed by atoms with van der Waals surface area (Å²) in [6.07, 6.45) is 1.95. The maximum Gasteiger partial charge on any atom is 0.253 e. The van der Waals surface area contributed by atoms with Crippen LogP contribution in [0, 0.1) is 5.92 Å². The third kappa shape index (κ3) is 4.42. The molecular formula is C21H25N3O2. The van der Waals surface area contributed by atoms with Gasteiger partial charge < -0.3 is 15.1 Å². The highest BCUT2D eigenvalue weighted by Crippen LogP contribution is 2.30. The third-order valence-corrected chi connectivity index (χ3v) is 4.57. The van der Waals surface area contributed by atoms with Gasteiger partial charge in [-0.15, -0.1) is 0 Å². The van der Waals surface area contributed by atoms with E-state index in [1.54, 1.807) is 36.2 Å². The summed E-state index contributed by atoms with van der Waals surface area (Å²) < 4.78 is 0. The molecule has 1 aliphatic carbocycles. The first-order valence-electron chi connectivity index (χ1n) is 8.86. The maximum atomic E-state index is 12.6. The van der Waals surface area contributed by atoms with Gasteiger partial charge in [0.2, 0.25) is 5.91 Å². The van der Waals surface area contributed by atoms with Crippen LogP contribution in [0.5, 0.6) is 0 Å². The van der Waals surface area contributed by atoms with E-state index in [2.05, 4.69) is 5.32 Å². The van der Waals surface area contributed by atoms with Gasteiger partial charge in [0.15, 0.2) is 0 Å². The molecule has 26 heavy (non-hydrogen) atoms. The Morgan fingerprint density at radius 2 is 1.58 bits per heavy atom. The summed E-state index contributed by atoms with van der Waals surface area (Å²) in [5, 5.41) is 2.89. The van der Waals surface area contributed by atoms with Crippen LogP contribution < -0.4 is 10.2 Å². The van der Waals surface area contributed by atoms with Crippen molar-refractivity contribution in [2.45, 2.75) is 19.4 Å². The van der Waals surface area contributed by atoms with Gasteiger partial charge in [0.1, 0.15) is 0 Å². The van der Waals surface area contributed by atoms with Crippen molar-refractivity contribution < 1.29 is 9.59 Å². The minimum atomic E-state index is -0.0400. The Hall–Kier alpha value is -2.82. The fourth-order valence-electron chi connectivity index (χ4n) is 2.75. The highest BCUT2D eigenvalue weighted by molar-refractivity contribution is 5.96. The molecule has 1 aliphatic rings. The highest BCUT2D eigenvalue weighted by Gasteiger charge is 2.29. The van der Waals surface area contributed by atoms with E-state index in [1.807, 2.05) is 43.3 Å². The molecule has 2 amide bonds. The van der Waals surface area contributed by atoms with E-state index < -0.39 is 0 Å². The summed E-state index contributed by atoms with van der Waals surface area (Å²) in [6, 6.07) is 15.3. The zero-order valence-electron chi connectivity index (χ0n) is 15.5. The highest BCUT2D eigenvalue weighted by atomic mass is 16.2. The molecule has 2 aromatic carbocycles. The Kier molecular flexibility index (Phi) is 5.26. The van der Waals surface area contributed by atoms with Crippen molar-refractivity contribution in [3.63, 3.8) is 0 Å². The van der Waals surface area contributed by atoms with E-state index in [-0.39, 0.29) is 17.7 Å². The molecule has 136 valence electrons. The number of anilines is 2. The van der Waals surface area contributed by atoms with E-state index in [0.29, 0.717) is 12.1 Å². The van der Waals surface area contributed by atoms with Crippen LogP contribution in [-0.2, 0) is 11.3 Å². The molecule has 0 aromatic heterocycles. The van der Waals surface area contributed by atoms with Gasteiger partial charge in [0, 0.05) is 50.5 Å². The third-order valence-electron chi connectivity index (χ3n) is 4.57. The van der Waals surface area contributed by atoms with Crippen LogP contribution in [-0.4, -0.2) is 37.9 Å². The zero-order valence-corrected chi connectivity index (χ0v) is 15.5. The first kappa shape index (κ1) is 18.0. The molecule has 0 aliphatic heterocycles. The van der Waals surface area contributed by atoms with Crippen molar-refractivity contribution in [3.05, 3.63) is 59.7 Å². The molecule has 5 nitrogen and oxygen atoms in total. The molecule has 0 unspecified atom stereocenters. The van der Waals surface area contributed by atoms with E-state index in [1.165, 1.54) is 0 Å². The Bertz CT molecular complexity index is 778. The zero-order chi connectivity index (χ0) is 18.7. The summed E-state index contributed by atoms with van der Waals surface area (Å²) in [6.45, 7) is 0.548. The number of hydrogen-bond acceptors (Lipinski definition) is 3. The Morgan fingerprint density at radius 1 is 0.962 bits per heavy atom. The van der Waals surface area contributed by atoms with Gasteiger partial charge in [-0.05, 0) is 54.8 Å². The number of rotatable bonds is 6. The number of amides is 2. The monoisotopic (exact) mass is 351 g/mol. The van der Waals surface area contributed by atoms with Gasteiger partial charge in [-0.25, -0.2) is 0 Å². The van der Waals surface area contributed by atoms with Crippen LogP contribution in [0.2, 0.25) is 0 Å². The first-order valence-corrected chi connectivity index (χ1v) is 8.86. The van der Waals surface area contributed by atoms with Crippen molar-refractivity contribution in [2.24, 2.45) is 5.92 Å². The van der Waals surface area contributed by atoms with Crippen LogP contribution in [0.15, 0.2) is 48.5 Å². The van der Waals surface area contributed by atoms with Gasteiger partial charge in [-0.2, -0.15) is 0 Å². The van der Waals surface area contributed by atoms with Gasteiger partial charge in [0.05, 0.1) is 0 Å². The average Bonchev–Trinajstić information content (AvgIpc) is 3.47. The molecule has 0 atom stereocenters. The predicted octanol–water partition coefficient (Wildman–Crippen LogP) is 3.37. The molecule has 1 N–H and O–H groups in total. The Labute approximate surface area is 154 Å². The summed E-state index contributed by atoms with van der Waals surface area (Å²) in [7, 11) is 5.80. The van der Waals surface area contributed by atoms with Crippen molar-refractivity contribution >= 4 is 23.2 Å². The maximum absolute atomic E-state index is 12.6. The molecule has 1 fully saturated rings. The minimum Gasteiger partial charge on any atom is -0.378 e. The SMILES string of the molecule is CN(Cc1ccc(N(C)C)cc1)C(=O)c1ccc(NC(=O)C2CC2)cc1. The fraction of sp³-hybridized carbons (Fsp3) is 0.333. The lowest BCUT2D eigenvalue weighted by molar-refractivity contribution is -0.117. The predicted molar refractivity (Wildman–Crippen MR) is 104 cm³/mol. The normalized spacial score (nSPS) is 13.2. The van der Waals surface area contributed by atoms with Gasteiger partial charge in [-0.3, -0.25) is 9.59 Å². The summed E-state index contributed by atoms with van der Waals surface area (Å²) in [5.41, 5.74) is 3.56. The molecule has 5 heteroatoms. The number of nitrogens with one attached hydrogen (secondary N) is 1. The molecule has 0 heterocycles. The van der Waals surface area contributed by atoms with E-state index in [9.17, 15) is 9.59 Å². The number of nitrogens with zero attached hydrogens (tertiary/aromatic N) is 2. The van der Waals surface area contributed by atoms with Crippen molar-refractivity contribution in [1.82, 2.24) is 4.90 Å². The van der Waals surface area contributed by atoms with E-state index >= 15 is 0 Å². The molecule has 2 aromatic rings. The second-order valence-electron chi connectivity index (χ2n) is 7.06. The summed E-state index contributed by atoms with van der Waals surface area (Å²) in [4.78, 5) is 28.1. The molecular weight excluding hydrogens is 326 g/mol. The van der Waals surface area contributed by atoms with E-state index in [4.69, 9.17) is 0 Å². The van der Waals surface area contributed by atoms with E-state index in [0.717, 1.165) is 29.8 Å². The molecule has 1 saturated carbocycles. The van der Waals surface area contributed by atoms with Crippen LogP contribution in [0.3, 0.4) is 0 Å². The largest absolute Gasteiger partial charge is 0.378 e. The molecule has 0 spiro atoms. The number of hydrogen-bond donors (Lipinski definition) is 1. The average molecular weight is 351 g/mol. The lowest BCUT2D eigenvalue weighted by atomic mass is 10.1. The second kappa shape index (κ2) is 7.60. The standard InChI is InChI=1S/C21H25N3O2/c1-23(2)19-12-4-15(5-13-19)14-24(3)21(26)17-8-10-18(11-9-17)22-20(25)16-6-7-16/h4-5,8-13,16H,6-7,14H2,1-3H3,(H,22,25). The second-order valence-corrected chi connectivity index (χ2v) is 7.06. The van der Waals surface area contributed by atoms with Gasteiger partial charge >= 0.3 is 0 Å². The van der Waals surface area contributed by atoms with Crippen LogP contribution >= 0.6 is 0 Å². The Morgan fingerprint density at radius 3 is 2.12 bits per heavy atom. The number of carbonyl (C=O) groups excluding carboxylic acids is 2. The molecule has 0 radical (unpaired) electrons. The number of benzene rings is 2. The number of carbonyl (C=O) groups is 2. The van der Waals surface area contributed by atoms with Crippen molar-refractivity contribution in [1.29, 1.82) is 0 Å². The molecule has 0 saturated heterocycles. The lowest BCUT2D eigenvalue weighted by Gasteiger charge is -2.19. The first-order chi connectivity index (χ1) is 12.4. The summed E-state index contributed by atoms with van der Waals surface area (Å²) in [5.74, 6) is 0.199. The quantitative estimate of drug-likeness (QED) is 0.868. The van der Waals surface area contributed by atoms with Crippen LogP contribution in [0.25, 0.3) is 0 Å². The Balaban J connectivity index is 1.59. The topological polar surface area (TPSA) is 52.6 Å². The van der Waals surface area contributed by atoms with Crippen molar-refractivity contribution in [2.75, 3.05) is 31.4 Å². The summed E-state index contributed by atoms with van der Waals surface area (Å²) >= 11 is 0. The van der Waals surface area contributed by atoms with Crippen molar-refractivity contribution in [3.8, 4) is 0 Å². The van der Waals surface area contributed by atoms with Crippen LogP contribution in [0.1, 0.15) is 28.8 Å². The van der Waals surface area contributed by atoms with Gasteiger partial charge in [0.25, 0.3) is 5.91 Å². The lowest BCUT2D eigenvalue weighted by Crippen LogP contribution is -2.26. The molecule has 0 bridgehead atoms. The van der Waals surface area contributed by atoms with Gasteiger partial charge in [-0.1, -0.05) is 12.1 Å². The van der Waals surface area contributed by atoms with Crippen LogP contribution in [0.4, 0.5) is 11.4 Å².